The number of thioether (sulfide) groups is 1. The molecule has 1 aliphatic carbocycles. The number of thiophene rings is 1. The van der Waals surface area contributed by atoms with Gasteiger partial charge in [-0.25, -0.2) is 4.98 Å². The van der Waals surface area contributed by atoms with Crippen LogP contribution in [0.3, 0.4) is 0 Å². The quantitative estimate of drug-likeness (QED) is 0.617. The Morgan fingerprint density at radius 2 is 2.25 bits per heavy atom. The minimum absolute atomic E-state index is 0.0587. The fourth-order valence-electron chi connectivity index (χ4n) is 3.57. The summed E-state index contributed by atoms with van der Waals surface area (Å²) in [6.45, 7) is 1.96. The summed E-state index contributed by atoms with van der Waals surface area (Å²) in [6, 6.07) is 3.95. The number of nitrogens with one attached hydrogen (secondary N) is 2. The fraction of sp³-hybridized carbons (Fsp3) is 0.450. The van der Waals surface area contributed by atoms with Crippen LogP contribution in [-0.2, 0) is 4.79 Å². The molecule has 148 valence electrons. The van der Waals surface area contributed by atoms with Gasteiger partial charge in [0.25, 0.3) is 5.56 Å². The third-order valence-electron chi connectivity index (χ3n) is 5.07. The number of aromatic amines is 1. The van der Waals surface area contributed by atoms with Crippen LogP contribution in [0.4, 0.5) is 0 Å². The summed E-state index contributed by atoms with van der Waals surface area (Å²) in [6.07, 6.45) is 7.40. The Balaban J connectivity index is 1.43. The lowest BCUT2D eigenvalue weighted by Crippen LogP contribution is -2.37. The van der Waals surface area contributed by atoms with Gasteiger partial charge in [-0.2, -0.15) is 0 Å². The van der Waals surface area contributed by atoms with Crippen LogP contribution in [-0.4, -0.2) is 27.7 Å². The third kappa shape index (κ3) is 4.17. The zero-order valence-corrected chi connectivity index (χ0v) is 17.3. The number of amides is 1. The maximum Gasteiger partial charge on any atom is 0.260 e. The number of rotatable bonds is 6. The van der Waals surface area contributed by atoms with Crippen LogP contribution in [0.1, 0.15) is 50.1 Å². The van der Waals surface area contributed by atoms with Gasteiger partial charge in [-0.15, -0.1) is 23.1 Å². The zero-order chi connectivity index (χ0) is 19.5. The molecule has 8 heteroatoms. The molecule has 0 bridgehead atoms. The van der Waals surface area contributed by atoms with Crippen molar-refractivity contribution < 1.29 is 9.21 Å². The normalized spacial score (nSPS) is 16.3. The van der Waals surface area contributed by atoms with Crippen molar-refractivity contribution in [1.82, 2.24) is 15.3 Å². The molecule has 0 spiro atoms. The zero-order valence-electron chi connectivity index (χ0n) is 15.7. The number of aromatic nitrogens is 2. The molecule has 1 aliphatic rings. The second kappa shape index (κ2) is 8.53. The molecule has 0 aromatic carbocycles. The number of fused-ring (bicyclic) bond motifs is 1. The first kappa shape index (κ1) is 19.3. The summed E-state index contributed by atoms with van der Waals surface area (Å²) in [5.74, 6) is 1.68. The first-order valence-electron chi connectivity index (χ1n) is 9.58. The predicted molar refractivity (Wildman–Crippen MR) is 114 cm³/mol. The van der Waals surface area contributed by atoms with E-state index in [0.29, 0.717) is 33.6 Å². The van der Waals surface area contributed by atoms with Crippen LogP contribution in [0.5, 0.6) is 0 Å². The van der Waals surface area contributed by atoms with E-state index < -0.39 is 0 Å². The number of hydrogen-bond donors (Lipinski definition) is 2. The monoisotopic (exact) mass is 417 g/mol. The number of carbonyl (C=O) groups is 1. The molecule has 1 saturated carbocycles. The second-order valence-electron chi connectivity index (χ2n) is 7.11. The van der Waals surface area contributed by atoms with E-state index in [2.05, 4.69) is 15.3 Å². The van der Waals surface area contributed by atoms with Crippen molar-refractivity contribution in [3.05, 3.63) is 40.0 Å². The SMILES string of the molecule is CC(SCC(=O)NC1CCCCC1)c1nc2scc(-c3ccco3)c2c(=O)[nH]1. The third-order valence-corrected chi connectivity index (χ3v) is 7.09. The van der Waals surface area contributed by atoms with Crippen molar-refractivity contribution in [1.29, 1.82) is 0 Å². The molecule has 3 aromatic rings. The lowest BCUT2D eigenvalue weighted by atomic mass is 9.95. The summed E-state index contributed by atoms with van der Waals surface area (Å²) >= 11 is 2.92. The molecule has 1 unspecified atom stereocenters. The van der Waals surface area contributed by atoms with Crippen molar-refractivity contribution in [3.63, 3.8) is 0 Å². The van der Waals surface area contributed by atoms with Crippen molar-refractivity contribution in [3.8, 4) is 11.3 Å². The highest BCUT2D eigenvalue weighted by molar-refractivity contribution is 8.00. The van der Waals surface area contributed by atoms with Gasteiger partial charge in [0.05, 0.1) is 22.7 Å². The summed E-state index contributed by atoms with van der Waals surface area (Å²) in [5, 5.41) is 5.49. The van der Waals surface area contributed by atoms with Crippen LogP contribution < -0.4 is 10.9 Å². The van der Waals surface area contributed by atoms with E-state index in [0.717, 1.165) is 18.4 Å². The minimum atomic E-state index is -0.174. The molecule has 6 nitrogen and oxygen atoms in total. The minimum Gasteiger partial charge on any atom is -0.464 e. The highest BCUT2D eigenvalue weighted by Crippen LogP contribution is 2.32. The van der Waals surface area contributed by atoms with Gasteiger partial charge in [-0.05, 0) is 31.9 Å². The molecule has 1 amide bonds. The Labute approximate surface area is 171 Å². The number of furan rings is 1. The van der Waals surface area contributed by atoms with Gasteiger partial charge in [-0.3, -0.25) is 9.59 Å². The first-order chi connectivity index (χ1) is 13.6. The Morgan fingerprint density at radius 1 is 1.43 bits per heavy atom. The molecule has 0 radical (unpaired) electrons. The van der Waals surface area contributed by atoms with E-state index in [1.807, 2.05) is 18.4 Å². The van der Waals surface area contributed by atoms with Crippen molar-refractivity contribution in [2.75, 3.05) is 5.75 Å². The summed E-state index contributed by atoms with van der Waals surface area (Å²) < 4.78 is 5.42. The summed E-state index contributed by atoms with van der Waals surface area (Å²) in [4.78, 5) is 33.1. The number of hydrogen-bond acceptors (Lipinski definition) is 6. The predicted octanol–water partition coefficient (Wildman–Crippen LogP) is 4.49. The number of nitrogens with zero attached hydrogens (tertiary/aromatic N) is 1. The van der Waals surface area contributed by atoms with Crippen LogP contribution in [0.2, 0.25) is 0 Å². The molecule has 4 rings (SSSR count). The van der Waals surface area contributed by atoms with Crippen molar-refractivity contribution in [2.24, 2.45) is 0 Å². The first-order valence-corrected chi connectivity index (χ1v) is 11.5. The standard InChI is InChI=1S/C20H23N3O3S2/c1-12(27-11-16(24)21-13-6-3-2-4-7-13)18-22-19(25)17-14(10-28-20(17)23-18)15-8-5-9-26-15/h5,8-10,12-13H,2-4,6-7,11H2,1H3,(H,21,24)(H,22,23,25). The molecule has 3 aromatic heterocycles. The largest absolute Gasteiger partial charge is 0.464 e. The number of carbonyl (C=O) groups excluding carboxylic acids is 1. The second-order valence-corrected chi connectivity index (χ2v) is 9.30. The molecular formula is C20H23N3O3S2. The average molecular weight is 418 g/mol. The van der Waals surface area contributed by atoms with Gasteiger partial charge < -0.3 is 14.7 Å². The Kier molecular flexibility index (Phi) is 5.87. The van der Waals surface area contributed by atoms with Gasteiger partial charge in [0, 0.05) is 17.0 Å². The Morgan fingerprint density at radius 3 is 3.00 bits per heavy atom. The summed E-state index contributed by atoms with van der Waals surface area (Å²) in [5.41, 5.74) is 0.587. The van der Waals surface area contributed by atoms with Gasteiger partial charge in [0.15, 0.2) is 0 Å². The highest BCUT2D eigenvalue weighted by Gasteiger charge is 2.19. The Bertz CT molecular complexity index is 1000. The molecule has 0 aliphatic heterocycles. The molecule has 1 fully saturated rings. The van der Waals surface area contributed by atoms with Crippen LogP contribution in [0.25, 0.3) is 21.5 Å². The summed E-state index contributed by atoms with van der Waals surface area (Å²) in [7, 11) is 0. The van der Waals surface area contributed by atoms with E-state index in [1.54, 1.807) is 12.3 Å². The van der Waals surface area contributed by atoms with Crippen molar-refractivity contribution in [2.45, 2.75) is 50.3 Å². The highest BCUT2D eigenvalue weighted by atomic mass is 32.2. The lowest BCUT2D eigenvalue weighted by molar-refractivity contribution is -0.119. The number of H-pyrrole nitrogens is 1. The van der Waals surface area contributed by atoms with Gasteiger partial charge >= 0.3 is 0 Å². The van der Waals surface area contributed by atoms with Gasteiger partial charge in [-0.1, -0.05) is 19.3 Å². The lowest BCUT2D eigenvalue weighted by Gasteiger charge is -2.22. The molecule has 1 atom stereocenters. The molecular weight excluding hydrogens is 394 g/mol. The van der Waals surface area contributed by atoms with E-state index in [1.165, 1.54) is 42.4 Å². The van der Waals surface area contributed by atoms with Crippen LogP contribution in [0.15, 0.2) is 33.0 Å². The van der Waals surface area contributed by atoms with Gasteiger partial charge in [0.2, 0.25) is 5.91 Å². The molecule has 2 N–H and O–H groups in total. The molecule has 28 heavy (non-hydrogen) atoms. The van der Waals surface area contributed by atoms with E-state index in [-0.39, 0.29) is 16.7 Å². The maximum absolute atomic E-state index is 12.7. The van der Waals surface area contributed by atoms with Crippen LogP contribution >= 0.6 is 23.1 Å². The fourth-order valence-corrected chi connectivity index (χ4v) is 5.26. The van der Waals surface area contributed by atoms with E-state index in [9.17, 15) is 9.59 Å². The van der Waals surface area contributed by atoms with E-state index >= 15 is 0 Å². The maximum atomic E-state index is 12.7. The van der Waals surface area contributed by atoms with Crippen molar-refractivity contribution >= 4 is 39.2 Å². The smallest absolute Gasteiger partial charge is 0.260 e. The molecule has 0 saturated heterocycles. The van der Waals surface area contributed by atoms with Gasteiger partial charge in [0.1, 0.15) is 16.4 Å². The Hall–Kier alpha value is -2.06. The van der Waals surface area contributed by atoms with E-state index in [4.69, 9.17) is 4.42 Å². The topological polar surface area (TPSA) is 88.0 Å². The average Bonchev–Trinajstić information content (AvgIpc) is 3.36. The van der Waals surface area contributed by atoms with Crippen LogP contribution in [0, 0.1) is 0 Å². The molecule has 3 heterocycles.